The summed E-state index contributed by atoms with van der Waals surface area (Å²) in [7, 11) is 0. The summed E-state index contributed by atoms with van der Waals surface area (Å²) in [6.45, 7) is 6.96. The number of nitrogens with one attached hydrogen (secondary N) is 1. The average Bonchev–Trinajstić information content (AvgIpc) is 2.85. The molecule has 33 heavy (non-hydrogen) atoms. The first-order valence-corrected chi connectivity index (χ1v) is 11.7. The summed E-state index contributed by atoms with van der Waals surface area (Å²) in [4.78, 5) is 24.1. The molecule has 172 valence electrons. The van der Waals surface area contributed by atoms with E-state index in [1.807, 2.05) is 56.3 Å². The number of ether oxygens (including phenoxy) is 1. The van der Waals surface area contributed by atoms with Gasteiger partial charge in [0.05, 0.1) is 17.8 Å². The first-order chi connectivity index (χ1) is 16.1. The van der Waals surface area contributed by atoms with E-state index in [4.69, 9.17) is 4.74 Å². The molecule has 1 atom stereocenters. The highest BCUT2D eigenvalue weighted by Crippen LogP contribution is 2.31. The number of pyridine rings is 2. The molecule has 3 aromatic rings. The van der Waals surface area contributed by atoms with Crippen molar-refractivity contribution >= 4 is 5.91 Å². The number of carbonyl (C=O) groups excluding carboxylic acids is 1. The van der Waals surface area contributed by atoms with Crippen LogP contribution in [0.3, 0.4) is 0 Å². The van der Waals surface area contributed by atoms with Crippen molar-refractivity contribution in [2.45, 2.75) is 45.4 Å². The van der Waals surface area contributed by atoms with E-state index in [1.165, 1.54) is 5.56 Å². The normalized spacial score (nSPS) is 15.8. The van der Waals surface area contributed by atoms with Gasteiger partial charge in [-0.25, -0.2) is 0 Å². The van der Waals surface area contributed by atoms with Crippen LogP contribution in [0, 0.1) is 5.92 Å². The van der Waals surface area contributed by atoms with Crippen LogP contribution in [0.5, 0.6) is 5.75 Å². The van der Waals surface area contributed by atoms with Crippen LogP contribution < -0.4 is 10.1 Å². The molecule has 3 heterocycles. The third-order valence-corrected chi connectivity index (χ3v) is 6.00. The Kier molecular flexibility index (Phi) is 7.68. The lowest BCUT2D eigenvalue weighted by Gasteiger charge is -2.36. The number of piperidine rings is 1. The van der Waals surface area contributed by atoms with E-state index in [0.717, 1.165) is 43.9 Å². The smallest absolute Gasteiger partial charge is 0.270 e. The summed E-state index contributed by atoms with van der Waals surface area (Å²) in [6.07, 6.45) is 5.61. The molecule has 0 saturated carbocycles. The van der Waals surface area contributed by atoms with Gasteiger partial charge in [0, 0.05) is 18.9 Å². The van der Waals surface area contributed by atoms with Crippen molar-refractivity contribution < 1.29 is 9.53 Å². The average molecular weight is 445 g/mol. The number of rotatable bonds is 8. The maximum atomic E-state index is 12.8. The Balaban J connectivity index is 1.38. The van der Waals surface area contributed by atoms with E-state index in [-0.39, 0.29) is 18.1 Å². The van der Waals surface area contributed by atoms with Crippen molar-refractivity contribution in [1.29, 1.82) is 0 Å². The van der Waals surface area contributed by atoms with Gasteiger partial charge in [-0.05, 0) is 87.7 Å². The quantitative estimate of drug-likeness (QED) is 0.548. The summed E-state index contributed by atoms with van der Waals surface area (Å²) in [5, 5.41) is 3.21. The van der Waals surface area contributed by atoms with Crippen molar-refractivity contribution in [3.05, 3.63) is 90.0 Å². The summed E-state index contributed by atoms with van der Waals surface area (Å²) >= 11 is 0. The van der Waals surface area contributed by atoms with E-state index in [9.17, 15) is 4.79 Å². The van der Waals surface area contributed by atoms with Crippen molar-refractivity contribution in [1.82, 2.24) is 20.2 Å². The molecule has 2 aromatic heterocycles. The molecule has 1 aliphatic rings. The molecule has 0 bridgehead atoms. The monoisotopic (exact) mass is 444 g/mol. The third kappa shape index (κ3) is 6.39. The van der Waals surface area contributed by atoms with E-state index in [2.05, 4.69) is 32.3 Å². The minimum absolute atomic E-state index is 0.129. The largest absolute Gasteiger partial charge is 0.491 e. The second-order valence-corrected chi connectivity index (χ2v) is 8.84. The summed E-state index contributed by atoms with van der Waals surface area (Å²) in [6, 6.07) is 19.5. The predicted molar refractivity (Wildman–Crippen MR) is 129 cm³/mol. The second-order valence-electron chi connectivity index (χ2n) is 8.84. The number of amides is 1. The van der Waals surface area contributed by atoms with E-state index in [0.29, 0.717) is 11.6 Å². The molecule has 1 fully saturated rings. The molecular weight excluding hydrogens is 412 g/mol. The number of benzene rings is 1. The number of nitrogens with zero attached hydrogens (tertiary/aromatic N) is 3. The number of hydrogen-bond donors (Lipinski definition) is 1. The molecule has 4 rings (SSSR count). The second kappa shape index (κ2) is 11.1. The Morgan fingerprint density at radius 1 is 1.00 bits per heavy atom. The van der Waals surface area contributed by atoms with Crippen molar-refractivity contribution in [2.24, 2.45) is 5.92 Å². The molecule has 6 heteroatoms. The number of hydrogen-bond acceptors (Lipinski definition) is 5. The first-order valence-electron chi connectivity index (χ1n) is 11.7. The Hall–Kier alpha value is -3.25. The van der Waals surface area contributed by atoms with Gasteiger partial charge in [0.25, 0.3) is 5.91 Å². The number of likely N-dealkylation sites (tertiary alicyclic amines) is 1. The molecule has 1 N–H and O–H groups in total. The topological polar surface area (TPSA) is 67.3 Å². The Labute approximate surface area is 196 Å². The van der Waals surface area contributed by atoms with Crippen molar-refractivity contribution in [3.8, 4) is 5.75 Å². The van der Waals surface area contributed by atoms with Crippen LogP contribution in [-0.4, -0.2) is 40.0 Å². The molecule has 1 unspecified atom stereocenters. The van der Waals surface area contributed by atoms with Gasteiger partial charge in [-0.2, -0.15) is 0 Å². The number of carbonyl (C=O) groups is 1. The van der Waals surface area contributed by atoms with Crippen LogP contribution in [-0.2, 0) is 6.54 Å². The van der Waals surface area contributed by atoms with Crippen molar-refractivity contribution in [3.63, 3.8) is 0 Å². The predicted octanol–water partition coefficient (Wildman–Crippen LogP) is 4.65. The molecule has 0 radical (unpaired) electrons. The fourth-order valence-corrected chi connectivity index (χ4v) is 4.35. The van der Waals surface area contributed by atoms with E-state index in [1.54, 1.807) is 18.5 Å². The van der Waals surface area contributed by atoms with Gasteiger partial charge in [0.15, 0.2) is 0 Å². The summed E-state index contributed by atoms with van der Waals surface area (Å²) in [5.74, 6) is 1.08. The summed E-state index contributed by atoms with van der Waals surface area (Å²) in [5.41, 5.74) is 2.62. The van der Waals surface area contributed by atoms with Gasteiger partial charge < -0.3 is 10.1 Å². The fraction of sp³-hybridized carbons (Fsp3) is 0.370. The molecule has 1 aromatic carbocycles. The van der Waals surface area contributed by atoms with Gasteiger partial charge in [-0.3, -0.25) is 19.7 Å². The zero-order valence-electron chi connectivity index (χ0n) is 19.4. The van der Waals surface area contributed by atoms with E-state index < -0.39 is 0 Å². The SMILES string of the molecule is CC(C)Oc1ccc(CN2CCC(C(NC(=O)c3ccccn3)c3ccccn3)CC2)cc1. The van der Waals surface area contributed by atoms with Gasteiger partial charge >= 0.3 is 0 Å². The number of aromatic nitrogens is 2. The van der Waals surface area contributed by atoms with Crippen LogP contribution in [0.15, 0.2) is 73.1 Å². The Morgan fingerprint density at radius 2 is 1.70 bits per heavy atom. The van der Waals surface area contributed by atoms with Gasteiger partial charge in [0.1, 0.15) is 11.4 Å². The van der Waals surface area contributed by atoms with Gasteiger partial charge in [0.2, 0.25) is 0 Å². The molecule has 1 amide bonds. The minimum atomic E-state index is -0.155. The van der Waals surface area contributed by atoms with E-state index >= 15 is 0 Å². The standard InChI is InChI=1S/C27H32N4O2/c1-20(2)33-23-11-9-21(10-12-23)19-31-17-13-22(14-18-31)26(24-7-3-5-15-28-24)30-27(32)25-8-4-6-16-29-25/h3-12,15-16,20,22,26H,13-14,17-19H2,1-2H3,(H,30,32). The molecule has 1 aliphatic heterocycles. The molecule has 0 spiro atoms. The molecule has 6 nitrogen and oxygen atoms in total. The van der Waals surface area contributed by atoms with Crippen LogP contribution in [0.2, 0.25) is 0 Å². The maximum Gasteiger partial charge on any atom is 0.270 e. The molecule has 0 aliphatic carbocycles. The Bertz CT molecular complexity index is 1000. The van der Waals surface area contributed by atoms with Crippen LogP contribution in [0.1, 0.15) is 54.5 Å². The van der Waals surface area contributed by atoms with Crippen molar-refractivity contribution in [2.75, 3.05) is 13.1 Å². The van der Waals surface area contributed by atoms with Crippen LogP contribution >= 0.6 is 0 Å². The molecular formula is C27H32N4O2. The maximum absolute atomic E-state index is 12.8. The first kappa shape index (κ1) is 22.9. The van der Waals surface area contributed by atoms with Crippen LogP contribution in [0.25, 0.3) is 0 Å². The fourth-order valence-electron chi connectivity index (χ4n) is 4.35. The van der Waals surface area contributed by atoms with Crippen LogP contribution in [0.4, 0.5) is 0 Å². The van der Waals surface area contributed by atoms with Gasteiger partial charge in [-0.1, -0.05) is 24.3 Å². The lowest BCUT2D eigenvalue weighted by molar-refractivity contribution is 0.0883. The minimum Gasteiger partial charge on any atom is -0.491 e. The van der Waals surface area contributed by atoms with Gasteiger partial charge in [-0.15, -0.1) is 0 Å². The third-order valence-electron chi connectivity index (χ3n) is 6.00. The Morgan fingerprint density at radius 3 is 2.30 bits per heavy atom. The molecule has 1 saturated heterocycles. The highest BCUT2D eigenvalue weighted by Gasteiger charge is 2.30. The lowest BCUT2D eigenvalue weighted by Crippen LogP contribution is -2.41. The highest BCUT2D eigenvalue weighted by molar-refractivity contribution is 5.92. The lowest BCUT2D eigenvalue weighted by atomic mass is 9.87. The zero-order valence-corrected chi connectivity index (χ0v) is 19.4. The highest BCUT2D eigenvalue weighted by atomic mass is 16.5. The zero-order chi connectivity index (χ0) is 23.0. The summed E-state index contributed by atoms with van der Waals surface area (Å²) < 4.78 is 5.75.